The summed E-state index contributed by atoms with van der Waals surface area (Å²) in [5.41, 5.74) is 3.15. The molecule has 0 aliphatic rings. The van der Waals surface area contributed by atoms with Crippen molar-refractivity contribution in [2.24, 2.45) is 7.05 Å². The molecule has 0 unspecified atom stereocenters. The minimum Gasteiger partial charge on any atom is -0.496 e. The zero-order valence-corrected chi connectivity index (χ0v) is 10.4. The molecule has 1 heterocycles. The van der Waals surface area contributed by atoms with Crippen LogP contribution in [0.2, 0.25) is 0 Å². The maximum absolute atomic E-state index is 5.37. The minimum atomic E-state index is 0.767. The first-order valence-corrected chi connectivity index (χ1v) is 5.57. The minimum absolute atomic E-state index is 0.767. The van der Waals surface area contributed by atoms with Crippen LogP contribution in [0.4, 0.5) is 0 Å². The number of aromatic nitrogens is 2. The van der Waals surface area contributed by atoms with Crippen molar-refractivity contribution in [2.75, 3.05) is 14.2 Å². The molecule has 1 aromatic heterocycles. The van der Waals surface area contributed by atoms with Crippen LogP contribution < -0.4 is 10.1 Å². The Bertz CT molecular complexity index is 505. The summed E-state index contributed by atoms with van der Waals surface area (Å²) in [6.45, 7) is 0.767. The van der Waals surface area contributed by atoms with E-state index in [9.17, 15) is 0 Å². The molecule has 4 nitrogen and oxygen atoms in total. The Kier molecular flexibility index (Phi) is 3.44. The molecule has 17 heavy (non-hydrogen) atoms. The highest BCUT2D eigenvalue weighted by Gasteiger charge is 2.10. The highest BCUT2D eigenvalue weighted by atomic mass is 16.5. The van der Waals surface area contributed by atoms with Gasteiger partial charge in [-0.3, -0.25) is 4.68 Å². The lowest BCUT2D eigenvalue weighted by atomic mass is 10.1. The molecule has 0 fully saturated rings. The van der Waals surface area contributed by atoms with Gasteiger partial charge in [0.15, 0.2) is 0 Å². The molecule has 1 N–H and O–H groups in total. The number of benzene rings is 1. The first-order chi connectivity index (χ1) is 8.26. The SMILES string of the molecule is CNCc1cc(-c2ccccc2OC)n(C)n1. The van der Waals surface area contributed by atoms with E-state index >= 15 is 0 Å². The molecule has 0 saturated carbocycles. The molecule has 0 spiro atoms. The lowest BCUT2D eigenvalue weighted by molar-refractivity contribution is 0.416. The van der Waals surface area contributed by atoms with Gasteiger partial charge in [0.25, 0.3) is 0 Å². The van der Waals surface area contributed by atoms with Crippen LogP contribution in [0.15, 0.2) is 30.3 Å². The maximum atomic E-state index is 5.37. The van der Waals surface area contributed by atoms with Crippen molar-refractivity contribution in [3.05, 3.63) is 36.0 Å². The van der Waals surface area contributed by atoms with Crippen LogP contribution in [-0.4, -0.2) is 23.9 Å². The lowest BCUT2D eigenvalue weighted by Crippen LogP contribution is -2.05. The Morgan fingerprint density at radius 3 is 2.82 bits per heavy atom. The molecule has 2 aromatic rings. The normalized spacial score (nSPS) is 10.5. The van der Waals surface area contributed by atoms with Crippen molar-refractivity contribution in [3.63, 3.8) is 0 Å². The summed E-state index contributed by atoms with van der Waals surface area (Å²) in [5.74, 6) is 0.867. The standard InChI is InChI=1S/C13H17N3O/c1-14-9-10-8-12(16(2)15-10)11-6-4-5-7-13(11)17-3/h4-8,14H,9H2,1-3H3. The molecule has 1 aromatic carbocycles. The molecule has 0 bridgehead atoms. The van der Waals surface area contributed by atoms with Crippen LogP contribution >= 0.6 is 0 Å². The van der Waals surface area contributed by atoms with E-state index in [1.54, 1.807) is 7.11 Å². The van der Waals surface area contributed by atoms with Gasteiger partial charge in [-0.15, -0.1) is 0 Å². The second kappa shape index (κ2) is 5.01. The van der Waals surface area contributed by atoms with Crippen LogP contribution in [0, 0.1) is 0 Å². The molecule has 0 saturated heterocycles. The Balaban J connectivity index is 2.45. The van der Waals surface area contributed by atoms with E-state index in [0.717, 1.165) is 29.2 Å². The van der Waals surface area contributed by atoms with Gasteiger partial charge in [0.05, 0.1) is 18.5 Å². The number of hydrogen-bond donors (Lipinski definition) is 1. The van der Waals surface area contributed by atoms with E-state index < -0.39 is 0 Å². The monoisotopic (exact) mass is 231 g/mol. The third kappa shape index (κ3) is 2.31. The highest BCUT2D eigenvalue weighted by Crippen LogP contribution is 2.29. The molecule has 0 amide bonds. The molecule has 2 rings (SSSR count). The van der Waals surface area contributed by atoms with Crippen molar-refractivity contribution in [1.82, 2.24) is 15.1 Å². The quantitative estimate of drug-likeness (QED) is 0.872. The van der Waals surface area contributed by atoms with E-state index in [4.69, 9.17) is 4.74 Å². The summed E-state index contributed by atoms with van der Waals surface area (Å²) < 4.78 is 7.25. The van der Waals surface area contributed by atoms with Gasteiger partial charge in [0.1, 0.15) is 5.75 Å². The summed E-state index contributed by atoms with van der Waals surface area (Å²) in [6, 6.07) is 10.0. The van der Waals surface area contributed by atoms with Gasteiger partial charge < -0.3 is 10.1 Å². The highest BCUT2D eigenvalue weighted by molar-refractivity contribution is 5.67. The van der Waals surface area contributed by atoms with Crippen LogP contribution in [0.25, 0.3) is 11.3 Å². The van der Waals surface area contributed by atoms with Crippen molar-refractivity contribution in [1.29, 1.82) is 0 Å². The first kappa shape index (κ1) is 11.7. The van der Waals surface area contributed by atoms with Gasteiger partial charge in [-0.25, -0.2) is 0 Å². The zero-order chi connectivity index (χ0) is 12.3. The molecular weight excluding hydrogens is 214 g/mol. The van der Waals surface area contributed by atoms with Gasteiger partial charge in [0.2, 0.25) is 0 Å². The Morgan fingerprint density at radius 1 is 1.35 bits per heavy atom. The zero-order valence-electron chi connectivity index (χ0n) is 10.4. The fourth-order valence-electron chi connectivity index (χ4n) is 1.90. The summed E-state index contributed by atoms with van der Waals surface area (Å²) in [7, 11) is 5.54. The summed E-state index contributed by atoms with van der Waals surface area (Å²) >= 11 is 0. The number of hydrogen-bond acceptors (Lipinski definition) is 3. The Labute approximate surface area is 101 Å². The second-order valence-corrected chi connectivity index (χ2v) is 3.88. The summed E-state index contributed by atoms with van der Waals surface area (Å²) in [6.07, 6.45) is 0. The van der Waals surface area contributed by atoms with Gasteiger partial charge in [-0.2, -0.15) is 5.10 Å². The van der Waals surface area contributed by atoms with Gasteiger partial charge in [0, 0.05) is 19.2 Å². The van der Waals surface area contributed by atoms with Crippen molar-refractivity contribution in [3.8, 4) is 17.0 Å². The van der Waals surface area contributed by atoms with E-state index in [-0.39, 0.29) is 0 Å². The third-order valence-electron chi connectivity index (χ3n) is 2.67. The molecule has 0 aliphatic heterocycles. The van der Waals surface area contributed by atoms with Gasteiger partial charge >= 0.3 is 0 Å². The van der Waals surface area contributed by atoms with E-state index in [0.29, 0.717) is 0 Å². The summed E-state index contributed by atoms with van der Waals surface area (Å²) in [5, 5.41) is 7.55. The fourth-order valence-corrected chi connectivity index (χ4v) is 1.90. The summed E-state index contributed by atoms with van der Waals surface area (Å²) in [4.78, 5) is 0. The van der Waals surface area contributed by atoms with Crippen LogP contribution in [0.5, 0.6) is 5.75 Å². The molecule has 90 valence electrons. The largest absolute Gasteiger partial charge is 0.496 e. The second-order valence-electron chi connectivity index (χ2n) is 3.88. The number of methoxy groups -OCH3 is 1. The van der Waals surface area contributed by atoms with Crippen LogP contribution in [-0.2, 0) is 13.6 Å². The molecule has 4 heteroatoms. The Hall–Kier alpha value is -1.81. The van der Waals surface area contributed by atoms with Crippen molar-refractivity contribution < 1.29 is 4.74 Å². The fraction of sp³-hybridized carbons (Fsp3) is 0.308. The van der Waals surface area contributed by atoms with Crippen molar-refractivity contribution in [2.45, 2.75) is 6.54 Å². The van der Waals surface area contributed by atoms with Crippen molar-refractivity contribution >= 4 is 0 Å². The van der Waals surface area contributed by atoms with Gasteiger partial charge in [-0.05, 0) is 25.2 Å². The van der Waals surface area contributed by atoms with E-state index in [2.05, 4.69) is 16.5 Å². The van der Waals surface area contributed by atoms with Gasteiger partial charge in [-0.1, -0.05) is 12.1 Å². The number of ether oxygens (including phenoxy) is 1. The van der Waals surface area contributed by atoms with Crippen LogP contribution in [0.1, 0.15) is 5.69 Å². The lowest BCUT2D eigenvalue weighted by Gasteiger charge is -2.07. The number of aryl methyl sites for hydroxylation is 1. The maximum Gasteiger partial charge on any atom is 0.128 e. The van der Waals surface area contributed by atoms with E-state index in [1.165, 1.54) is 0 Å². The average molecular weight is 231 g/mol. The predicted octanol–water partition coefficient (Wildman–Crippen LogP) is 1.82. The van der Waals surface area contributed by atoms with Crippen LogP contribution in [0.3, 0.4) is 0 Å². The first-order valence-electron chi connectivity index (χ1n) is 5.57. The number of nitrogens with one attached hydrogen (secondary N) is 1. The molecule has 0 radical (unpaired) electrons. The number of rotatable bonds is 4. The molecular formula is C13H17N3O. The number of nitrogens with zero attached hydrogens (tertiary/aromatic N) is 2. The predicted molar refractivity (Wildman–Crippen MR) is 68.0 cm³/mol. The smallest absolute Gasteiger partial charge is 0.128 e. The Morgan fingerprint density at radius 2 is 2.12 bits per heavy atom. The number of para-hydroxylation sites is 1. The molecule has 0 aliphatic carbocycles. The third-order valence-corrected chi connectivity index (χ3v) is 2.67. The topological polar surface area (TPSA) is 39.1 Å². The van der Waals surface area contributed by atoms with E-state index in [1.807, 2.05) is 43.0 Å². The molecule has 0 atom stereocenters. The average Bonchev–Trinajstić information content (AvgIpc) is 2.70.